The molecule has 78 valence electrons. The molecular weight excluding hydrogens is 162 g/mol. The predicted molar refractivity (Wildman–Crippen MR) is 57.9 cm³/mol. The largest absolute Gasteiger partial charge is 0.379 e. The van der Waals surface area contributed by atoms with Gasteiger partial charge in [-0.3, -0.25) is 0 Å². The van der Waals surface area contributed by atoms with Crippen molar-refractivity contribution in [3.05, 3.63) is 12.7 Å². The molecule has 0 aromatic heterocycles. The minimum Gasteiger partial charge on any atom is -0.379 e. The molecule has 0 aliphatic carbocycles. The molecule has 1 N–H and O–H groups in total. The molecule has 0 heterocycles. The van der Waals surface area contributed by atoms with Crippen LogP contribution in [0.3, 0.4) is 0 Å². The Hall–Kier alpha value is -0.340. The third kappa shape index (κ3) is 3.92. The van der Waals surface area contributed by atoms with Crippen LogP contribution in [0.15, 0.2) is 12.7 Å². The van der Waals surface area contributed by atoms with Crippen LogP contribution in [0.4, 0.5) is 0 Å². The molecule has 13 heavy (non-hydrogen) atoms. The maximum absolute atomic E-state index is 5.49. The van der Waals surface area contributed by atoms with Gasteiger partial charge in [-0.2, -0.15) is 0 Å². The molecule has 0 aliphatic rings. The van der Waals surface area contributed by atoms with Crippen LogP contribution >= 0.6 is 0 Å². The SMILES string of the molecule is C=CC(NCC)C(OC)C(C)(C)C. The topological polar surface area (TPSA) is 21.3 Å². The Bertz CT molecular complexity index is 149. The zero-order chi connectivity index (χ0) is 10.5. The van der Waals surface area contributed by atoms with Crippen LogP contribution in [0.1, 0.15) is 27.7 Å². The van der Waals surface area contributed by atoms with Crippen LogP contribution in [0, 0.1) is 5.41 Å². The second-order valence-corrected chi connectivity index (χ2v) is 4.34. The smallest absolute Gasteiger partial charge is 0.0808 e. The van der Waals surface area contributed by atoms with Crippen molar-refractivity contribution in [3.63, 3.8) is 0 Å². The number of ether oxygens (including phenoxy) is 1. The lowest BCUT2D eigenvalue weighted by Crippen LogP contribution is -2.46. The maximum atomic E-state index is 5.49. The molecule has 0 aromatic carbocycles. The van der Waals surface area contributed by atoms with Crippen molar-refractivity contribution >= 4 is 0 Å². The van der Waals surface area contributed by atoms with Gasteiger partial charge in [-0.1, -0.05) is 33.8 Å². The predicted octanol–water partition coefficient (Wildman–Crippen LogP) is 2.21. The molecular formula is C11H23NO. The van der Waals surface area contributed by atoms with E-state index in [4.69, 9.17) is 4.74 Å². The highest BCUT2D eigenvalue weighted by Crippen LogP contribution is 2.24. The summed E-state index contributed by atoms with van der Waals surface area (Å²) in [6, 6.07) is 0.231. The lowest BCUT2D eigenvalue weighted by Gasteiger charge is -2.34. The van der Waals surface area contributed by atoms with Gasteiger partial charge in [0.15, 0.2) is 0 Å². The normalized spacial score (nSPS) is 16.7. The van der Waals surface area contributed by atoms with Gasteiger partial charge in [0, 0.05) is 7.11 Å². The van der Waals surface area contributed by atoms with E-state index in [-0.39, 0.29) is 17.6 Å². The monoisotopic (exact) mass is 185 g/mol. The highest BCUT2D eigenvalue weighted by Gasteiger charge is 2.29. The molecule has 2 nitrogen and oxygen atoms in total. The number of methoxy groups -OCH3 is 1. The van der Waals surface area contributed by atoms with Crippen LogP contribution < -0.4 is 5.32 Å². The van der Waals surface area contributed by atoms with Crippen LogP contribution in [0.25, 0.3) is 0 Å². The minimum atomic E-state index is 0.135. The second-order valence-electron chi connectivity index (χ2n) is 4.34. The Morgan fingerprint density at radius 3 is 2.23 bits per heavy atom. The summed E-state index contributed by atoms with van der Waals surface area (Å²) in [5.74, 6) is 0. The van der Waals surface area contributed by atoms with Crippen molar-refractivity contribution in [1.82, 2.24) is 5.32 Å². The Labute approximate surface area is 82.4 Å². The number of nitrogens with one attached hydrogen (secondary N) is 1. The van der Waals surface area contributed by atoms with Crippen LogP contribution in [0.2, 0.25) is 0 Å². The van der Waals surface area contributed by atoms with Crippen LogP contribution in [-0.4, -0.2) is 25.8 Å². The van der Waals surface area contributed by atoms with E-state index in [9.17, 15) is 0 Å². The summed E-state index contributed by atoms with van der Waals surface area (Å²) in [4.78, 5) is 0. The number of rotatable bonds is 5. The van der Waals surface area contributed by atoms with Crippen molar-refractivity contribution in [2.24, 2.45) is 5.41 Å². The summed E-state index contributed by atoms with van der Waals surface area (Å²) in [6.45, 7) is 13.4. The standard InChI is InChI=1S/C11H23NO/c1-7-9(12-8-2)10(13-6)11(3,4)5/h7,9-10,12H,1,8H2,2-6H3. The van der Waals surface area contributed by atoms with Crippen LogP contribution in [0.5, 0.6) is 0 Å². The average Bonchev–Trinajstić information content (AvgIpc) is 2.01. The molecule has 0 aliphatic heterocycles. The van der Waals surface area contributed by atoms with E-state index in [0.29, 0.717) is 0 Å². The van der Waals surface area contributed by atoms with Crippen LogP contribution in [-0.2, 0) is 4.74 Å². The van der Waals surface area contributed by atoms with E-state index in [1.807, 2.05) is 6.08 Å². The molecule has 0 bridgehead atoms. The lowest BCUT2D eigenvalue weighted by atomic mass is 9.84. The molecule has 0 spiro atoms. The minimum absolute atomic E-state index is 0.135. The van der Waals surface area contributed by atoms with Gasteiger partial charge in [-0.25, -0.2) is 0 Å². The van der Waals surface area contributed by atoms with E-state index in [1.165, 1.54) is 0 Å². The molecule has 2 heteroatoms. The average molecular weight is 185 g/mol. The summed E-state index contributed by atoms with van der Waals surface area (Å²) in [5.41, 5.74) is 0.135. The van der Waals surface area contributed by atoms with Crippen molar-refractivity contribution < 1.29 is 4.74 Å². The van der Waals surface area contributed by atoms with E-state index < -0.39 is 0 Å². The first-order valence-corrected chi connectivity index (χ1v) is 4.86. The van der Waals surface area contributed by atoms with E-state index in [2.05, 4.69) is 39.6 Å². The highest BCUT2D eigenvalue weighted by molar-refractivity contribution is 4.96. The third-order valence-electron chi connectivity index (χ3n) is 2.13. The number of likely N-dealkylation sites (N-methyl/N-ethyl adjacent to an activating group) is 1. The Morgan fingerprint density at radius 2 is 2.00 bits per heavy atom. The first kappa shape index (κ1) is 12.7. The molecule has 0 rings (SSSR count). The summed E-state index contributed by atoms with van der Waals surface area (Å²) >= 11 is 0. The summed E-state index contributed by atoms with van der Waals surface area (Å²) in [6.07, 6.45) is 2.09. The van der Waals surface area contributed by atoms with Gasteiger partial charge in [-0.15, -0.1) is 6.58 Å². The van der Waals surface area contributed by atoms with Gasteiger partial charge < -0.3 is 10.1 Å². The lowest BCUT2D eigenvalue weighted by molar-refractivity contribution is 0.000636. The van der Waals surface area contributed by atoms with Gasteiger partial charge in [0.1, 0.15) is 0 Å². The summed E-state index contributed by atoms with van der Waals surface area (Å²) in [7, 11) is 1.75. The van der Waals surface area contributed by atoms with Crippen molar-refractivity contribution in [3.8, 4) is 0 Å². The summed E-state index contributed by atoms with van der Waals surface area (Å²) in [5, 5.41) is 3.35. The Kier molecular flexibility index (Phi) is 5.26. The van der Waals surface area contributed by atoms with Crippen molar-refractivity contribution in [1.29, 1.82) is 0 Å². The zero-order valence-corrected chi connectivity index (χ0v) is 9.55. The molecule has 0 saturated carbocycles. The van der Waals surface area contributed by atoms with Gasteiger partial charge >= 0.3 is 0 Å². The molecule has 2 atom stereocenters. The van der Waals surface area contributed by atoms with Crippen molar-refractivity contribution in [2.75, 3.05) is 13.7 Å². The van der Waals surface area contributed by atoms with E-state index in [0.717, 1.165) is 6.54 Å². The van der Waals surface area contributed by atoms with E-state index in [1.54, 1.807) is 7.11 Å². The Balaban J connectivity index is 4.43. The number of hydrogen-bond acceptors (Lipinski definition) is 2. The molecule has 0 aromatic rings. The summed E-state index contributed by atoms with van der Waals surface area (Å²) < 4.78 is 5.49. The second kappa shape index (κ2) is 5.40. The fourth-order valence-corrected chi connectivity index (χ4v) is 1.59. The third-order valence-corrected chi connectivity index (χ3v) is 2.13. The molecule has 0 amide bonds. The van der Waals surface area contributed by atoms with Gasteiger partial charge in [0.2, 0.25) is 0 Å². The molecule has 0 radical (unpaired) electrons. The van der Waals surface area contributed by atoms with E-state index >= 15 is 0 Å². The maximum Gasteiger partial charge on any atom is 0.0808 e. The molecule has 2 unspecified atom stereocenters. The fourth-order valence-electron chi connectivity index (χ4n) is 1.59. The highest BCUT2D eigenvalue weighted by atomic mass is 16.5. The first-order chi connectivity index (χ1) is 5.97. The Morgan fingerprint density at radius 1 is 1.46 bits per heavy atom. The van der Waals surface area contributed by atoms with Gasteiger partial charge in [-0.05, 0) is 12.0 Å². The molecule has 0 saturated heterocycles. The van der Waals surface area contributed by atoms with Crippen molar-refractivity contribution in [2.45, 2.75) is 39.8 Å². The fraction of sp³-hybridized carbons (Fsp3) is 0.818. The van der Waals surface area contributed by atoms with Gasteiger partial charge in [0.25, 0.3) is 0 Å². The quantitative estimate of drug-likeness (QED) is 0.663. The molecule has 0 fully saturated rings. The van der Waals surface area contributed by atoms with Gasteiger partial charge in [0.05, 0.1) is 12.1 Å². The zero-order valence-electron chi connectivity index (χ0n) is 9.55. The first-order valence-electron chi connectivity index (χ1n) is 4.86. The number of hydrogen-bond donors (Lipinski definition) is 1.